The fraction of sp³-hybridized carbons (Fsp3) is 0.778. The maximum absolute atomic E-state index is 10.8. The second-order valence-corrected chi connectivity index (χ2v) is 4.24. The highest BCUT2D eigenvalue weighted by atomic mass is 16.4. The van der Waals surface area contributed by atoms with Crippen LogP contribution in [-0.2, 0) is 4.79 Å². The molecule has 0 amide bonds. The van der Waals surface area contributed by atoms with Crippen molar-refractivity contribution in [2.75, 3.05) is 0 Å². The third kappa shape index (κ3) is 1.41. The summed E-state index contributed by atoms with van der Waals surface area (Å²) in [5.74, 6) is -0.972. The number of hydrogen-bond donors (Lipinski definition) is 2. The van der Waals surface area contributed by atoms with Gasteiger partial charge in [-0.1, -0.05) is 19.0 Å². The Morgan fingerprint density at radius 3 is 2.31 bits per heavy atom. The van der Waals surface area contributed by atoms with E-state index in [9.17, 15) is 4.79 Å². The zero-order valence-corrected chi connectivity index (χ0v) is 8.11. The first kappa shape index (κ1) is 10.0. The molecular weight excluding hydrogens is 170 g/mol. The second kappa shape index (κ2) is 3.01. The predicted octanol–water partition coefficient (Wildman–Crippen LogP) is 1.58. The standard InChI is InChI=1S/C9H15NO3/c1-5(10-13)6-4-7(8(11)12)9(6,2)3/h6-7,13H,4H2,1-3H3,(H,11,12)/b10-5+/t6-,7+/m1/s1. The summed E-state index contributed by atoms with van der Waals surface area (Å²) in [6, 6.07) is 0. The van der Waals surface area contributed by atoms with Crippen molar-refractivity contribution in [2.45, 2.75) is 27.2 Å². The summed E-state index contributed by atoms with van der Waals surface area (Å²) in [5.41, 5.74) is 0.338. The number of rotatable bonds is 2. The molecule has 0 aromatic carbocycles. The fourth-order valence-electron chi connectivity index (χ4n) is 2.12. The smallest absolute Gasteiger partial charge is 0.307 e. The Kier molecular flexibility index (Phi) is 2.32. The van der Waals surface area contributed by atoms with Crippen LogP contribution in [-0.4, -0.2) is 22.0 Å². The molecule has 0 saturated heterocycles. The molecule has 1 aliphatic rings. The van der Waals surface area contributed by atoms with Crippen molar-refractivity contribution in [1.82, 2.24) is 0 Å². The third-order valence-corrected chi connectivity index (χ3v) is 3.23. The van der Waals surface area contributed by atoms with Gasteiger partial charge >= 0.3 is 5.97 Å². The van der Waals surface area contributed by atoms with E-state index in [0.717, 1.165) is 0 Å². The van der Waals surface area contributed by atoms with Crippen LogP contribution in [0.4, 0.5) is 0 Å². The molecule has 13 heavy (non-hydrogen) atoms. The van der Waals surface area contributed by atoms with Gasteiger partial charge in [-0.3, -0.25) is 4.79 Å². The van der Waals surface area contributed by atoms with Gasteiger partial charge in [-0.2, -0.15) is 0 Å². The van der Waals surface area contributed by atoms with E-state index in [0.29, 0.717) is 12.1 Å². The molecule has 0 radical (unpaired) electrons. The Labute approximate surface area is 77.3 Å². The molecule has 1 fully saturated rings. The molecule has 1 rings (SSSR count). The quantitative estimate of drug-likeness (QED) is 0.390. The van der Waals surface area contributed by atoms with Crippen molar-refractivity contribution >= 4 is 11.7 Å². The average molecular weight is 185 g/mol. The van der Waals surface area contributed by atoms with Crippen molar-refractivity contribution in [2.24, 2.45) is 22.4 Å². The highest BCUT2D eigenvalue weighted by Crippen LogP contribution is 2.51. The van der Waals surface area contributed by atoms with Crippen LogP contribution in [0.1, 0.15) is 27.2 Å². The first-order chi connectivity index (χ1) is 5.91. The van der Waals surface area contributed by atoms with E-state index in [1.807, 2.05) is 13.8 Å². The Balaban J connectivity index is 2.75. The molecule has 0 unspecified atom stereocenters. The Morgan fingerprint density at radius 2 is 2.00 bits per heavy atom. The zero-order valence-electron chi connectivity index (χ0n) is 8.11. The lowest BCUT2D eigenvalue weighted by atomic mass is 9.53. The SMILES string of the molecule is C/C(=N\O)[C@H]1C[C@@H](C(=O)O)C1(C)C. The molecule has 0 aliphatic heterocycles. The van der Waals surface area contributed by atoms with Gasteiger partial charge in [-0.25, -0.2) is 0 Å². The minimum Gasteiger partial charge on any atom is -0.481 e. The third-order valence-electron chi connectivity index (χ3n) is 3.23. The maximum Gasteiger partial charge on any atom is 0.307 e. The molecule has 2 N–H and O–H groups in total. The molecule has 4 heteroatoms. The van der Waals surface area contributed by atoms with Gasteiger partial charge in [-0.05, 0) is 18.8 Å². The Hall–Kier alpha value is -1.06. The minimum atomic E-state index is -0.757. The molecule has 0 heterocycles. The monoisotopic (exact) mass is 185 g/mol. The molecule has 74 valence electrons. The van der Waals surface area contributed by atoms with Crippen LogP contribution in [0.3, 0.4) is 0 Å². The molecular formula is C9H15NO3. The summed E-state index contributed by atoms with van der Waals surface area (Å²) in [6.07, 6.45) is 0.582. The molecule has 4 nitrogen and oxygen atoms in total. The van der Waals surface area contributed by atoms with Gasteiger partial charge in [0.1, 0.15) is 0 Å². The van der Waals surface area contributed by atoms with Crippen LogP contribution < -0.4 is 0 Å². The Bertz CT molecular complexity index is 258. The first-order valence-electron chi connectivity index (χ1n) is 4.32. The number of aliphatic carboxylic acids is 1. The van der Waals surface area contributed by atoms with Gasteiger partial charge in [0, 0.05) is 5.92 Å². The van der Waals surface area contributed by atoms with E-state index in [1.54, 1.807) is 6.92 Å². The molecule has 2 atom stereocenters. The molecule has 1 saturated carbocycles. The van der Waals surface area contributed by atoms with E-state index in [2.05, 4.69) is 5.16 Å². The number of oxime groups is 1. The number of carboxylic acids is 1. The maximum atomic E-state index is 10.8. The van der Waals surface area contributed by atoms with Gasteiger partial charge in [0.2, 0.25) is 0 Å². The zero-order chi connectivity index (χ0) is 10.2. The number of carbonyl (C=O) groups is 1. The largest absolute Gasteiger partial charge is 0.481 e. The van der Waals surface area contributed by atoms with Gasteiger partial charge in [0.15, 0.2) is 0 Å². The van der Waals surface area contributed by atoms with Crippen molar-refractivity contribution in [1.29, 1.82) is 0 Å². The van der Waals surface area contributed by atoms with E-state index >= 15 is 0 Å². The van der Waals surface area contributed by atoms with Crippen molar-refractivity contribution in [3.8, 4) is 0 Å². The van der Waals surface area contributed by atoms with Crippen LogP contribution in [0.5, 0.6) is 0 Å². The number of carboxylic acid groups (broad SMARTS) is 1. The predicted molar refractivity (Wildman–Crippen MR) is 47.9 cm³/mol. The summed E-state index contributed by atoms with van der Waals surface area (Å²) in [6.45, 7) is 5.52. The van der Waals surface area contributed by atoms with Gasteiger partial charge in [0.05, 0.1) is 11.6 Å². The first-order valence-corrected chi connectivity index (χ1v) is 4.32. The summed E-state index contributed by atoms with van der Waals surface area (Å²) in [4.78, 5) is 10.8. The summed E-state index contributed by atoms with van der Waals surface area (Å²) in [5, 5.41) is 20.5. The normalized spacial score (nSPS) is 32.4. The highest BCUT2D eigenvalue weighted by molar-refractivity contribution is 5.88. The van der Waals surface area contributed by atoms with Gasteiger partial charge in [0.25, 0.3) is 0 Å². The second-order valence-electron chi connectivity index (χ2n) is 4.24. The van der Waals surface area contributed by atoms with Gasteiger partial charge in [-0.15, -0.1) is 0 Å². The summed E-state index contributed by atoms with van der Waals surface area (Å²) < 4.78 is 0. The molecule has 0 aromatic heterocycles. The van der Waals surface area contributed by atoms with Crippen molar-refractivity contribution in [3.05, 3.63) is 0 Å². The highest BCUT2D eigenvalue weighted by Gasteiger charge is 2.53. The van der Waals surface area contributed by atoms with Crippen LogP contribution in [0.2, 0.25) is 0 Å². The van der Waals surface area contributed by atoms with E-state index < -0.39 is 5.97 Å². The van der Waals surface area contributed by atoms with E-state index in [1.165, 1.54) is 0 Å². The fourth-order valence-corrected chi connectivity index (χ4v) is 2.12. The molecule has 0 bridgehead atoms. The van der Waals surface area contributed by atoms with E-state index in [-0.39, 0.29) is 17.3 Å². The molecule has 1 aliphatic carbocycles. The number of nitrogens with zero attached hydrogens (tertiary/aromatic N) is 1. The van der Waals surface area contributed by atoms with Gasteiger partial charge < -0.3 is 10.3 Å². The van der Waals surface area contributed by atoms with Crippen molar-refractivity contribution in [3.63, 3.8) is 0 Å². The van der Waals surface area contributed by atoms with Crippen LogP contribution >= 0.6 is 0 Å². The van der Waals surface area contributed by atoms with Crippen LogP contribution in [0.25, 0.3) is 0 Å². The minimum absolute atomic E-state index is 0.0959. The summed E-state index contributed by atoms with van der Waals surface area (Å²) >= 11 is 0. The lowest BCUT2D eigenvalue weighted by Gasteiger charge is -2.49. The lowest BCUT2D eigenvalue weighted by molar-refractivity contribution is -0.155. The van der Waals surface area contributed by atoms with Crippen LogP contribution in [0, 0.1) is 17.3 Å². The Morgan fingerprint density at radius 1 is 1.46 bits per heavy atom. The summed E-state index contributed by atoms with van der Waals surface area (Å²) in [7, 11) is 0. The molecule has 0 spiro atoms. The topological polar surface area (TPSA) is 69.9 Å². The number of hydrogen-bond acceptors (Lipinski definition) is 3. The van der Waals surface area contributed by atoms with Crippen LogP contribution in [0.15, 0.2) is 5.16 Å². The molecule has 0 aromatic rings. The van der Waals surface area contributed by atoms with Crippen molar-refractivity contribution < 1.29 is 15.1 Å². The van der Waals surface area contributed by atoms with E-state index in [4.69, 9.17) is 10.3 Å². The average Bonchev–Trinajstić information content (AvgIpc) is 2.01. The lowest BCUT2D eigenvalue weighted by Crippen LogP contribution is -2.51.